The number of anilines is 1. The number of nitrogens with zero attached hydrogens (tertiary/aromatic N) is 2. The van der Waals surface area contributed by atoms with Crippen molar-refractivity contribution in [3.8, 4) is 6.07 Å². The third-order valence-electron chi connectivity index (χ3n) is 4.42. The van der Waals surface area contributed by atoms with Crippen LogP contribution in [-0.2, 0) is 25.8 Å². The number of nitriles is 1. The summed E-state index contributed by atoms with van der Waals surface area (Å²) in [5.41, 5.74) is 2.69. The molecule has 1 aromatic rings. The maximum absolute atomic E-state index is 12.1. The van der Waals surface area contributed by atoms with Crippen molar-refractivity contribution in [1.82, 2.24) is 5.48 Å². The second kappa shape index (κ2) is 7.31. The highest BCUT2D eigenvalue weighted by atomic mass is 32.2. The molecule has 2 unspecified atom stereocenters. The van der Waals surface area contributed by atoms with Gasteiger partial charge in [0.15, 0.2) is 14.6 Å². The van der Waals surface area contributed by atoms with Gasteiger partial charge in [-0.3, -0.25) is 14.9 Å². The number of carbonyl (C=O) groups excluding carboxylic acids is 2. The fraction of sp³-hybridized carbons (Fsp3) is 0.438. The number of amides is 2. The Balaban J connectivity index is 2.18. The molecule has 10 heteroatoms. The number of hydrogen-bond acceptors (Lipinski definition) is 7. The first-order valence-electron chi connectivity index (χ1n) is 7.70. The van der Waals surface area contributed by atoms with Crippen molar-refractivity contribution in [1.29, 1.82) is 5.26 Å². The molecule has 2 rings (SSSR count). The van der Waals surface area contributed by atoms with Crippen LogP contribution in [0.4, 0.5) is 10.5 Å². The van der Waals surface area contributed by atoms with E-state index in [0.29, 0.717) is 5.69 Å². The molecular formula is C16H19N3O6S. The molecule has 1 heterocycles. The van der Waals surface area contributed by atoms with Gasteiger partial charge >= 0.3 is 6.09 Å². The molecule has 2 atom stereocenters. The van der Waals surface area contributed by atoms with Crippen molar-refractivity contribution < 1.29 is 28.0 Å². The number of nitrogens with one attached hydrogen (secondary N) is 1. The lowest BCUT2D eigenvalue weighted by molar-refractivity contribution is -0.132. The first kappa shape index (κ1) is 19.7. The number of carbonyl (C=O) groups is 2. The highest BCUT2D eigenvalue weighted by Crippen LogP contribution is 2.30. The van der Waals surface area contributed by atoms with E-state index in [9.17, 15) is 18.0 Å². The van der Waals surface area contributed by atoms with Gasteiger partial charge in [-0.25, -0.2) is 18.7 Å². The third-order valence-corrected chi connectivity index (χ3v) is 6.41. The number of sulfone groups is 1. The molecule has 1 aliphatic heterocycles. The van der Waals surface area contributed by atoms with E-state index in [-0.39, 0.29) is 19.4 Å². The van der Waals surface area contributed by atoms with Crippen LogP contribution in [0.2, 0.25) is 0 Å². The number of cyclic esters (lactones) is 1. The van der Waals surface area contributed by atoms with Crippen LogP contribution in [0.25, 0.3) is 0 Å². The minimum absolute atomic E-state index is 0.0558. The van der Waals surface area contributed by atoms with E-state index in [2.05, 4.69) is 0 Å². The SMILES string of the molecule is CC(CC1CN(c2ccc(CC#N)cc2)C(=O)O1)(C(=O)NO)S(C)(=O)=O. The molecule has 0 spiro atoms. The van der Waals surface area contributed by atoms with Gasteiger partial charge in [-0.2, -0.15) is 5.26 Å². The van der Waals surface area contributed by atoms with E-state index in [1.54, 1.807) is 24.3 Å². The Bertz CT molecular complexity index is 846. The Morgan fingerprint density at radius 2 is 2.08 bits per heavy atom. The smallest absolute Gasteiger partial charge is 0.414 e. The Morgan fingerprint density at radius 1 is 1.46 bits per heavy atom. The molecule has 0 aromatic heterocycles. The summed E-state index contributed by atoms with van der Waals surface area (Å²) >= 11 is 0. The molecule has 9 nitrogen and oxygen atoms in total. The Kier molecular flexibility index (Phi) is 5.53. The first-order chi connectivity index (χ1) is 12.1. The molecule has 1 aromatic carbocycles. The zero-order valence-corrected chi connectivity index (χ0v) is 15.1. The first-order valence-corrected chi connectivity index (χ1v) is 9.59. The molecular weight excluding hydrogens is 362 g/mol. The Labute approximate surface area is 151 Å². The van der Waals surface area contributed by atoms with E-state index in [0.717, 1.165) is 11.8 Å². The Hall–Kier alpha value is -2.64. The minimum Gasteiger partial charge on any atom is -0.444 e. The monoisotopic (exact) mass is 381 g/mol. The summed E-state index contributed by atoms with van der Waals surface area (Å²) in [6.07, 6.45) is -0.685. The highest BCUT2D eigenvalue weighted by molar-refractivity contribution is 7.92. The molecule has 1 saturated heterocycles. The number of benzene rings is 1. The van der Waals surface area contributed by atoms with Crippen LogP contribution in [0, 0.1) is 11.3 Å². The van der Waals surface area contributed by atoms with Gasteiger partial charge in [0.25, 0.3) is 5.91 Å². The van der Waals surface area contributed by atoms with Crippen molar-refractivity contribution >= 4 is 27.5 Å². The van der Waals surface area contributed by atoms with Crippen LogP contribution in [0.15, 0.2) is 24.3 Å². The van der Waals surface area contributed by atoms with Crippen LogP contribution in [0.5, 0.6) is 0 Å². The van der Waals surface area contributed by atoms with Crippen LogP contribution in [0.3, 0.4) is 0 Å². The molecule has 26 heavy (non-hydrogen) atoms. The average molecular weight is 381 g/mol. The van der Waals surface area contributed by atoms with Gasteiger partial charge in [0.2, 0.25) is 0 Å². The zero-order chi connectivity index (χ0) is 19.5. The van der Waals surface area contributed by atoms with E-state index >= 15 is 0 Å². The lowest BCUT2D eigenvalue weighted by atomic mass is 10.0. The van der Waals surface area contributed by atoms with E-state index in [1.807, 2.05) is 6.07 Å². The summed E-state index contributed by atoms with van der Waals surface area (Å²) in [4.78, 5) is 25.3. The fourth-order valence-electron chi connectivity index (χ4n) is 2.69. The molecule has 1 aliphatic rings. The van der Waals surface area contributed by atoms with Crippen molar-refractivity contribution in [3.05, 3.63) is 29.8 Å². The maximum Gasteiger partial charge on any atom is 0.414 e. The molecule has 1 fully saturated rings. The molecule has 2 N–H and O–H groups in total. The van der Waals surface area contributed by atoms with Gasteiger partial charge < -0.3 is 4.74 Å². The topological polar surface area (TPSA) is 137 Å². The van der Waals surface area contributed by atoms with Gasteiger partial charge in [0.05, 0.1) is 19.0 Å². The van der Waals surface area contributed by atoms with Crippen LogP contribution < -0.4 is 10.4 Å². The average Bonchev–Trinajstić information content (AvgIpc) is 2.94. The summed E-state index contributed by atoms with van der Waals surface area (Å²) in [6, 6.07) is 8.76. The number of hydroxylamine groups is 1. The fourth-order valence-corrected chi connectivity index (χ4v) is 3.56. The standard InChI is InChI=1S/C16H19N3O6S/c1-16(14(20)18-22,26(2,23)24)9-13-10-19(15(21)25-13)12-5-3-11(4-6-12)7-8-17/h3-6,13,22H,7,9-10H2,1-2H3,(H,18,20). The molecule has 0 saturated carbocycles. The predicted octanol–water partition coefficient (Wildman–Crippen LogP) is 0.777. The second-order valence-corrected chi connectivity index (χ2v) is 8.71. The zero-order valence-electron chi connectivity index (χ0n) is 14.3. The molecule has 2 amide bonds. The summed E-state index contributed by atoms with van der Waals surface area (Å²) in [5.74, 6) is -1.09. The van der Waals surface area contributed by atoms with E-state index < -0.39 is 32.7 Å². The largest absolute Gasteiger partial charge is 0.444 e. The van der Waals surface area contributed by atoms with Crippen molar-refractivity contribution in [2.24, 2.45) is 0 Å². The van der Waals surface area contributed by atoms with Crippen molar-refractivity contribution in [3.63, 3.8) is 0 Å². The predicted molar refractivity (Wildman–Crippen MR) is 91.2 cm³/mol. The van der Waals surface area contributed by atoms with Gasteiger partial charge in [0.1, 0.15) is 6.10 Å². The molecule has 0 aliphatic carbocycles. The molecule has 140 valence electrons. The lowest BCUT2D eigenvalue weighted by Crippen LogP contribution is -2.51. The van der Waals surface area contributed by atoms with Gasteiger partial charge in [0, 0.05) is 18.4 Å². The van der Waals surface area contributed by atoms with E-state index in [4.69, 9.17) is 15.2 Å². The van der Waals surface area contributed by atoms with Crippen LogP contribution in [-0.4, -0.2) is 49.3 Å². The van der Waals surface area contributed by atoms with Gasteiger partial charge in [-0.1, -0.05) is 12.1 Å². The summed E-state index contributed by atoms with van der Waals surface area (Å²) in [5, 5.41) is 17.5. The lowest BCUT2D eigenvalue weighted by Gasteiger charge is -2.26. The molecule has 0 bridgehead atoms. The van der Waals surface area contributed by atoms with Crippen molar-refractivity contribution in [2.45, 2.75) is 30.6 Å². The van der Waals surface area contributed by atoms with E-state index in [1.165, 1.54) is 17.3 Å². The highest BCUT2D eigenvalue weighted by Gasteiger charge is 2.48. The third kappa shape index (κ3) is 3.79. The van der Waals surface area contributed by atoms with Crippen LogP contribution in [0.1, 0.15) is 18.9 Å². The van der Waals surface area contributed by atoms with Gasteiger partial charge in [-0.05, 0) is 24.6 Å². The summed E-state index contributed by atoms with van der Waals surface area (Å²) in [7, 11) is -3.89. The minimum atomic E-state index is -3.89. The maximum atomic E-state index is 12.1. The number of hydrogen-bond donors (Lipinski definition) is 2. The second-order valence-electron chi connectivity index (χ2n) is 6.27. The normalized spacial score (nSPS) is 19.4. The summed E-state index contributed by atoms with van der Waals surface area (Å²) in [6.45, 7) is 1.22. The quantitative estimate of drug-likeness (QED) is 0.548. The number of rotatable bonds is 6. The van der Waals surface area contributed by atoms with Crippen LogP contribution >= 0.6 is 0 Å². The number of ether oxygens (including phenoxy) is 1. The molecule has 0 radical (unpaired) electrons. The van der Waals surface area contributed by atoms with Crippen molar-refractivity contribution in [2.75, 3.05) is 17.7 Å². The summed E-state index contributed by atoms with van der Waals surface area (Å²) < 4.78 is 27.3. The Morgan fingerprint density at radius 3 is 2.58 bits per heavy atom. The van der Waals surface area contributed by atoms with Gasteiger partial charge in [-0.15, -0.1) is 0 Å².